The molecule has 0 aliphatic carbocycles. The zero-order valence-corrected chi connectivity index (χ0v) is 12.1. The van der Waals surface area contributed by atoms with E-state index in [1.54, 1.807) is 0 Å². The highest BCUT2D eigenvalue weighted by Crippen LogP contribution is 2.38. The average Bonchev–Trinajstić information content (AvgIpc) is 2.87. The molecule has 7 nitrogen and oxygen atoms in total. The summed E-state index contributed by atoms with van der Waals surface area (Å²) < 4.78 is 5.56. The summed E-state index contributed by atoms with van der Waals surface area (Å²) in [4.78, 5) is 25.9. The van der Waals surface area contributed by atoms with Crippen molar-refractivity contribution in [2.24, 2.45) is 0 Å². The number of carboxylic acids is 1. The van der Waals surface area contributed by atoms with Crippen LogP contribution in [0.3, 0.4) is 0 Å². The second-order valence-corrected chi connectivity index (χ2v) is 5.67. The van der Waals surface area contributed by atoms with Gasteiger partial charge in [-0.2, -0.15) is 0 Å². The Morgan fingerprint density at radius 3 is 2.83 bits per heavy atom. The second kappa shape index (κ2) is 4.85. The van der Waals surface area contributed by atoms with Crippen molar-refractivity contribution in [3.63, 3.8) is 0 Å². The van der Waals surface area contributed by atoms with E-state index >= 15 is 0 Å². The molecule has 0 spiro atoms. The predicted octanol–water partition coefficient (Wildman–Crippen LogP) is 1.44. The first-order valence-corrected chi connectivity index (χ1v) is 7.25. The number of aromatic hydroxyl groups is 1. The monoisotopic (exact) mass is 314 g/mol. The molecule has 23 heavy (non-hydrogen) atoms. The minimum atomic E-state index is -1.46. The topological polar surface area (TPSA) is 112 Å². The number of ether oxygens (including phenoxy) is 1. The van der Waals surface area contributed by atoms with Crippen LogP contribution in [0.4, 0.5) is 5.69 Å². The Kier molecular flexibility index (Phi) is 2.92. The number of carbonyl (C=O) groups is 1. The SMILES string of the molecule is O=C(O)c1c(O)c2c([nH]c1=O)-c1cc3c(cc1COC2)NCC3. The minimum Gasteiger partial charge on any atom is -0.506 e. The minimum absolute atomic E-state index is 0.0327. The third-order valence-corrected chi connectivity index (χ3v) is 4.32. The van der Waals surface area contributed by atoms with Gasteiger partial charge in [0.05, 0.1) is 18.9 Å². The summed E-state index contributed by atoms with van der Waals surface area (Å²) in [5.41, 5.74) is 3.08. The van der Waals surface area contributed by atoms with Gasteiger partial charge in [0.2, 0.25) is 0 Å². The quantitative estimate of drug-likeness (QED) is 0.634. The van der Waals surface area contributed by atoms with Crippen LogP contribution in [0.25, 0.3) is 11.3 Å². The van der Waals surface area contributed by atoms with Crippen LogP contribution >= 0.6 is 0 Å². The first-order valence-electron chi connectivity index (χ1n) is 7.25. The van der Waals surface area contributed by atoms with Crippen LogP contribution in [0.1, 0.15) is 27.0 Å². The third-order valence-electron chi connectivity index (χ3n) is 4.32. The van der Waals surface area contributed by atoms with Gasteiger partial charge in [-0.3, -0.25) is 4.79 Å². The maximum Gasteiger partial charge on any atom is 0.345 e. The number of nitrogens with one attached hydrogen (secondary N) is 2. The summed E-state index contributed by atoms with van der Waals surface area (Å²) in [5.74, 6) is -1.99. The van der Waals surface area contributed by atoms with Gasteiger partial charge in [-0.15, -0.1) is 0 Å². The number of H-pyrrole nitrogens is 1. The van der Waals surface area contributed by atoms with Gasteiger partial charge in [-0.25, -0.2) is 4.79 Å². The highest BCUT2D eigenvalue weighted by atomic mass is 16.5. The van der Waals surface area contributed by atoms with Crippen LogP contribution in [0.5, 0.6) is 5.75 Å². The number of hydrogen-bond donors (Lipinski definition) is 4. The fraction of sp³-hybridized carbons (Fsp3) is 0.250. The van der Waals surface area contributed by atoms with Crippen molar-refractivity contribution in [2.75, 3.05) is 11.9 Å². The number of aromatic carboxylic acids is 1. The third kappa shape index (κ3) is 2.01. The van der Waals surface area contributed by atoms with E-state index in [9.17, 15) is 14.7 Å². The number of aromatic amines is 1. The number of fused-ring (bicyclic) bond motifs is 4. The molecule has 0 unspecified atom stereocenters. The lowest BCUT2D eigenvalue weighted by atomic mass is 9.96. The maximum absolute atomic E-state index is 12.1. The Morgan fingerprint density at radius 1 is 1.22 bits per heavy atom. The predicted molar refractivity (Wildman–Crippen MR) is 81.8 cm³/mol. The molecule has 2 aliphatic heterocycles. The largest absolute Gasteiger partial charge is 0.506 e. The summed E-state index contributed by atoms with van der Waals surface area (Å²) in [5, 5.41) is 22.6. The summed E-state index contributed by atoms with van der Waals surface area (Å²) in [6.45, 7) is 1.21. The molecule has 7 heteroatoms. The molecule has 4 rings (SSSR count). The normalized spacial score (nSPS) is 15.1. The van der Waals surface area contributed by atoms with Crippen molar-refractivity contribution in [2.45, 2.75) is 19.6 Å². The molecule has 1 aromatic carbocycles. The number of rotatable bonds is 1. The lowest BCUT2D eigenvalue weighted by Crippen LogP contribution is -2.20. The highest BCUT2D eigenvalue weighted by molar-refractivity contribution is 5.92. The van der Waals surface area contributed by atoms with Gasteiger partial charge >= 0.3 is 5.97 Å². The van der Waals surface area contributed by atoms with Gasteiger partial charge in [0, 0.05) is 23.4 Å². The van der Waals surface area contributed by atoms with Crippen LogP contribution < -0.4 is 10.9 Å². The van der Waals surface area contributed by atoms with E-state index in [1.165, 1.54) is 0 Å². The summed E-state index contributed by atoms with van der Waals surface area (Å²) >= 11 is 0. The van der Waals surface area contributed by atoms with Crippen molar-refractivity contribution in [3.05, 3.63) is 44.7 Å². The van der Waals surface area contributed by atoms with Crippen LogP contribution in [0.15, 0.2) is 16.9 Å². The van der Waals surface area contributed by atoms with E-state index in [0.717, 1.165) is 35.3 Å². The van der Waals surface area contributed by atoms with Gasteiger partial charge < -0.3 is 25.3 Å². The summed E-state index contributed by atoms with van der Waals surface area (Å²) in [6, 6.07) is 3.95. The van der Waals surface area contributed by atoms with Crippen LogP contribution in [-0.4, -0.2) is 27.7 Å². The zero-order valence-electron chi connectivity index (χ0n) is 12.1. The molecule has 3 heterocycles. The molecular weight excluding hydrogens is 300 g/mol. The fourth-order valence-corrected chi connectivity index (χ4v) is 3.20. The van der Waals surface area contributed by atoms with E-state index in [0.29, 0.717) is 17.9 Å². The molecule has 0 bridgehead atoms. The van der Waals surface area contributed by atoms with E-state index in [4.69, 9.17) is 9.84 Å². The van der Waals surface area contributed by atoms with Gasteiger partial charge in [-0.1, -0.05) is 0 Å². The van der Waals surface area contributed by atoms with Gasteiger partial charge in [0.1, 0.15) is 5.75 Å². The Balaban J connectivity index is 2.02. The number of hydrogen-bond acceptors (Lipinski definition) is 5. The Morgan fingerprint density at radius 2 is 2.04 bits per heavy atom. The molecule has 1 aromatic heterocycles. The molecule has 0 saturated heterocycles. The molecule has 0 amide bonds. The number of carboxylic acid groups (broad SMARTS) is 1. The van der Waals surface area contributed by atoms with Crippen LogP contribution in [-0.2, 0) is 24.4 Å². The molecule has 0 atom stereocenters. The molecule has 118 valence electrons. The average molecular weight is 314 g/mol. The van der Waals surface area contributed by atoms with E-state index in [1.807, 2.05) is 12.1 Å². The number of pyridine rings is 1. The van der Waals surface area contributed by atoms with Crippen LogP contribution in [0.2, 0.25) is 0 Å². The molecule has 0 radical (unpaired) electrons. The number of aromatic nitrogens is 1. The smallest absolute Gasteiger partial charge is 0.345 e. The summed E-state index contributed by atoms with van der Waals surface area (Å²) in [6.07, 6.45) is 0.877. The van der Waals surface area contributed by atoms with Crippen LogP contribution in [0, 0.1) is 0 Å². The molecule has 0 fully saturated rings. The van der Waals surface area contributed by atoms with Gasteiger partial charge in [0.25, 0.3) is 5.56 Å². The highest BCUT2D eigenvalue weighted by Gasteiger charge is 2.27. The van der Waals surface area contributed by atoms with Gasteiger partial charge in [-0.05, 0) is 29.7 Å². The molecule has 2 aromatic rings. The Hall–Kier alpha value is -2.80. The number of anilines is 1. The van der Waals surface area contributed by atoms with E-state index in [2.05, 4.69) is 10.3 Å². The summed E-state index contributed by atoms with van der Waals surface area (Å²) in [7, 11) is 0. The van der Waals surface area contributed by atoms with E-state index < -0.39 is 22.8 Å². The lowest BCUT2D eigenvalue weighted by Gasteiger charge is -2.12. The molecular formula is C16H14N2O5. The first kappa shape index (κ1) is 13.8. The molecule has 2 aliphatic rings. The maximum atomic E-state index is 12.1. The van der Waals surface area contributed by atoms with Crippen molar-refractivity contribution in [3.8, 4) is 17.0 Å². The van der Waals surface area contributed by atoms with E-state index in [-0.39, 0.29) is 6.61 Å². The lowest BCUT2D eigenvalue weighted by molar-refractivity contribution is 0.0690. The van der Waals surface area contributed by atoms with Crippen molar-refractivity contribution >= 4 is 11.7 Å². The fourth-order valence-electron chi connectivity index (χ4n) is 3.20. The second-order valence-electron chi connectivity index (χ2n) is 5.67. The Bertz CT molecular complexity index is 900. The zero-order chi connectivity index (χ0) is 16.1. The van der Waals surface area contributed by atoms with Crippen molar-refractivity contribution in [1.29, 1.82) is 0 Å². The van der Waals surface area contributed by atoms with Crippen molar-refractivity contribution in [1.82, 2.24) is 4.98 Å². The first-order chi connectivity index (χ1) is 11.1. The molecule has 0 saturated carbocycles. The Labute approximate surface area is 130 Å². The molecule has 4 N–H and O–H groups in total. The van der Waals surface area contributed by atoms with Crippen molar-refractivity contribution < 1.29 is 19.7 Å². The number of benzene rings is 1. The van der Waals surface area contributed by atoms with Gasteiger partial charge in [0.15, 0.2) is 5.56 Å². The standard InChI is InChI=1S/C16H14N2O5/c19-14-10-6-23-5-8-4-11-7(1-2-17-11)3-9(8)13(10)18-15(20)12(14)16(21)22/h3-4,17H,1-2,5-6H2,(H,21,22)(H2,18,19,20).